The summed E-state index contributed by atoms with van der Waals surface area (Å²) in [7, 11) is 0. The van der Waals surface area contributed by atoms with E-state index in [4.69, 9.17) is 15.3 Å². The van der Waals surface area contributed by atoms with Crippen LogP contribution >= 0.6 is 0 Å². The first-order valence-electron chi connectivity index (χ1n) is 4.37. The Morgan fingerprint density at radius 2 is 1.93 bits per heavy atom. The Hall–Kier alpha value is -1.30. The summed E-state index contributed by atoms with van der Waals surface area (Å²) >= 11 is 0. The summed E-state index contributed by atoms with van der Waals surface area (Å²) < 4.78 is 0. The van der Waals surface area contributed by atoms with Gasteiger partial charge in [0.2, 0.25) is 0 Å². The molecule has 1 amide bonds. The van der Waals surface area contributed by atoms with E-state index in [2.05, 4.69) is 0 Å². The molecule has 0 aromatic heterocycles. The van der Waals surface area contributed by atoms with E-state index in [0.29, 0.717) is 6.42 Å². The molecule has 0 bridgehead atoms. The maximum Gasteiger partial charge on any atom is 0.408 e. The Balaban J connectivity index is 4.54. The van der Waals surface area contributed by atoms with Crippen molar-refractivity contribution < 1.29 is 24.9 Å². The fraction of sp³-hybridized carbons (Fsp3) is 0.750. The summed E-state index contributed by atoms with van der Waals surface area (Å²) in [5.74, 6) is -1.23. The van der Waals surface area contributed by atoms with Crippen molar-refractivity contribution in [1.29, 1.82) is 0 Å². The lowest BCUT2D eigenvalue weighted by Gasteiger charge is -2.25. The second-order valence-electron chi connectivity index (χ2n) is 2.84. The molecular formula is C8H15NO5. The molecule has 6 nitrogen and oxygen atoms in total. The number of hydrogen-bond donors (Lipinski definition) is 3. The van der Waals surface area contributed by atoms with Gasteiger partial charge in [-0.2, -0.15) is 0 Å². The Kier molecular flexibility index (Phi) is 5.62. The number of rotatable bonds is 6. The van der Waals surface area contributed by atoms with Crippen molar-refractivity contribution in [3.05, 3.63) is 0 Å². The molecule has 82 valence electrons. The standard InChI is InChI=1S/C8H15NO5/c1-2-4-9(8(13)14)6(3-5-10)7(11)12/h6,10H,2-5H2,1H3,(H,11,12)(H,13,14)/t6-/m0/s1. The zero-order valence-corrected chi connectivity index (χ0v) is 8.01. The second-order valence-corrected chi connectivity index (χ2v) is 2.84. The minimum Gasteiger partial charge on any atom is -0.480 e. The van der Waals surface area contributed by atoms with E-state index in [9.17, 15) is 9.59 Å². The summed E-state index contributed by atoms with van der Waals surface area (Å²) in [5.41, 5.74) is 0. The molecule has 0 aliphatic carbocycles. The quantitative estimate of drug-likeness (QED) is 0.575. The fourth-order valence-corrected chi connectivity index (χ4v) is 1.16. The van der Waals surface area contributed by atoms with Gasteiger partial charge in [0.1, 0.15) is 6.04 Å². The van der Waals surface area contributed by atoms with Crippen molar-refractivity contribution in [2.45, 2.75) is 25.8 Å². The van der Waals surface area contributed by atoms with Crippen LogP contribution in [0.15, 0.2) is 0 Å². The number of hydrogen-bond acceptors (Lipinski definition) is 3. The molecule has 0 spiro atoms. The van der Waals surface area contributed by atoms with Crippen LogP contribution in [-0.2, 0) is 4.79 Å². The first kappa shape index (κ1) is 12.7. The highest BCUT2D eigenvalue weighted by Crippen LogP contribution is 2.06. The van der Waals surface area contributed by atoms with Crippen molar-refractivity contribution >= 4 is 12.1 Å². The third kappa shape index (κ3) is 3.61. The highest BCUT2D eigenvalue weighted by atomic mass is 16.4. The van der Waals surface area contributed by atoms with Crippen molar-refractivity contribution in [2.75, 3.05) is 13.2 Å². The molecule has 6 heteroatoms. The van der Waals surface area contributed by atoms with Crippen LogP contribution in [0.25, 0.3) is 0 Å². The topological polar surface area (TPSA) is 98.1 Å². The average Bonchev–Trinajstić information content (AvgIpc) is 2.10. The Morgan fingerprint density at radius 3 is 2.21 bits per heavy atom. The zero-order valence-electron chi connectivity index (χ0n) is 8.01. The molecule has 0 aromatic carbocycles. The molecule has 3 N–H and O–H groups in total. The van der Waals surface area contributed by atoms with Gasteiger partial charge in [-0.15, -0.1) is 0 Å². The van der Waals surface area contributed by atoms with E-state index in [0.717, 1.165) is 4.90 Å². The Labute approximate surface area is 81.8 Å². The molecule has 0 aliphatic rings. The summed E-state index contributed by atoms with van der Waals surface area (Å²) in [4.78, 5) is 22.2. The minimum absolute atomic E-state index is 0.0817. The third-order valence-corrected chi connectivity index (χ3v) is 1.77. The largest absolute Gasteiger partial charge is 0.480 e. The molecule has 0 saturated heterocycles. The van der Waals surface area contributed by atoms with Crippen molar-refractivity contribution in [3.8, 4) is 0 Å². The summed E-state index contributed by atoms with van der Waals surface area (Å²) in [6.07, 6.45) is -0.809. The summed E-state index contributed by atoms with van der Waals surface area (Å²) in [5, 5.41) is 26.1. The van der Waals surface area contributed by atoms with Crippen LogP contribution in [0.1, 0.15) is 19.8 Å². The lowest BCUT2D eigenvalue weighted by molar-refractivity contribution is -0.143. The predicted octanol–water partition coefficient (Wildman–Crippen LogP) is 0.212. The van der Waals surface area contributed by atoms with Gasteiger partial charge >= 0.3 is 12.1 Å². The number of carbonyl (C=O) groups is 2. The van der Waals surface area contributed by atoms with Crippen molar-refractivity contribution in [3.63, 3.8) is 0 Å². The minimum atomic E-state index is -1.27. The van der Waals surface area contributed by atoms with Crippen LogP contribution < -0.4 is 0 Å². The SMILES string of the molecule is CCCN(C(=O)O)[C@@H](CCO)C(=O)O. The molecular weight excluding hydrogens is 190 g/mol. The van der Waals surface area contributed by atoms with Gasteiger partial charge in [-0.05, 0) is 6.42 Å². The summed E-state index contributed by atoms with van der Waals surface area (Å²) in [6.45, 7) is 1.57. The van der Waals surface area contributed by atoms with E-state index in [1.807, 2.05) is 0 Å². The van der Waals surface area contributed by atoms with E-state index >= 15 is 0 Å². The monoisotopic (exact) mass is 205 g/mol. The number of aliphatic hydroxyl groups excluding tert-OH is 1. The molecule has 0 radical (unpaired) electrons. The molecule has 0 saturated carbocycles. The maximum absolute atomic E-state index is 10.7. The predicted molar refractivity (Wildman–Crippen MR) is 48.1 cm³/mol. The highest BCUT2D eigenvalue weighted by molar-refractivity contribution is 5.79. The van der Waals surface area contributed by atoms with Gasteiger partial charge in [0, 0.05) is 19.6 Å². The Bertz CT molecular complexity index is 184. The summed E-state index contributed by atoms with van der Waals surface area (Å²) in [6, 6.07) is -1.16. The maximum atomic E-state index is 10.7. The third-order valence-electron chi connectivity index (χ3n) is 1.77. The molecule has 0 fully saturated rings. The van der Waals surface area contributed by atoms with Gasteiger partial charge in [0.25, 0.3) is 0 Å². The number of carboxylic acids is 1. The lowest BCUT2D eigenvalue weighted by Crippen LogP contribution is -2.45. The molecule has 0 aromatic rings. The van der Waals surface area contributed by atoms with Crippen LogP contribution in [0, 0.1) is 0 Å². The van der Waals surface area contributed by atoms with Gasteiger partial charge in [-0.3, -0.25) is 4.90 Å². The highest BCUT2D eigenvalue weighted by Gasteiger charge is 2.27. The van der Waals surface area contributed by atoms with Gasteiger partial charge in [0.05, 0.1) is 0 Å². The van der Waals surface area contributed by atoms with Crippen molar-refractivity contribution in [1.82, 2.24) is 4.90 Å². The first-order chi connectivity index (χ1) is 6.54. The van der Waals surface area contributed by atoms with Gasteiger partial charge in [0.15, 0.2) is 0 Å². The number of aliphatic carboxylic acids is 1. The van der Waals surface area contributed by atoms with Gasteiger partial charge in [-0.1, -0.05) is 6.92 Å². The van der Waals surface area contributed by atoms with E-state index in [1.165, 1.54) is 0 Å². The number of nitrogens with zero attached hydrogens (tertiary/aromatic N) is 1. The van der Waals surface area contributed by atoms with E-state index < -0.39 is 18.1 Å². The van der Waals surface area contributed by atoms with Crippen molar-refractivity contribution in [2.24, 2.45) is 0 Å². The van der Waals surface area contributed by atoms with E-state index in [-0.39, 0.29) is 19.6 Å². The molecule has 1 atom stereocenters. The lowest BCUT2D eigenvalue weighted by atomic mass is 10.2. The first-order valence-corrected chi connectivity index (χ1v) is 4.37. The van der Waals surface area contributed by atoms with Crippen LogP contribution in [0.2, 0.25) is 0 Å². The molecule has 14 heavy (non-hydrogen) atoms. The van der Waals surface area contributed by atoms with Gasteiger partial charge < -0.3 is 15.3 Å². The molecule has 0 unspecified atom stereocenters. The van der Waals surface area contributed by atoms with Crippen LogP contribution in [0.5, 0.6) is 0 Å². The van der Waals surface area contributed by atoms with Crippen LogP contribution in [0.4, 0.5) is 4.79 Å². The number of aliphatic hydroxyl groups is 1. The van der Waals surface area contributed by atoms with Gasteiger partial charge in [-0.25, -0.2) is 9.59 Å². The van der Waals surface area contributed by atoms with Crippen LogP contribution in [-0.4, -0.2) is 51.5 Å². The van der Waals surface area contributed by atoms with E-state index in [1.54, 1.807) is 6.92 Å². The number of carboxylic acid groups (broad SMARTS) is 2. The zero-order chi connectivity index (χ0) is 11.1. The second kappa shape index (κ2) is 6.20. The number of amides is 1. The Morgan fingerprint density at radius 1 is 1.36 bits per heavy atom. The smallest absolute Gasteiger partial charge is 0.408 e. The molecule has 0 heterocycles. The van der Waals surface area contributed by atoms with Crippen LogP contribution in [0.3, 0.4) is 0 Å². The average molecular weight is 205 g/mol. The molecule has 0 aliphatic heterocycles. The molecule has 0 rings (SSSR count). The fourth-order valence-electron chi connectivity index (χ4n) is 1.16. The normalized spacial score (nSPS) is 12.1.